The van der Waals surface area contributed by atoms with Gasteiger partial charge in [-0.1, -0.05) is 0 Å². The van der Waals surface area contributed by atoms with Crippen molar-refractivity contribution in [3.05, 3.63) is 10.6 Å². The molecule has 3 nitrogen and oxygen atoms in total. The van der Waals surface area contributed by atoms with Gasteiger partial charge in [0.15, 0.2) is 7.85 Å². The summed E-state index contributed by atoms with van der Waals surface area (Å²) in [6, 6.07) is 0. The summed E-state index contributed by atoms with van der Waals surface area (Å²) >= 11 is 0.990. The fourth-order valence-electron chi connectivity index (χ4n) is 0.616. The van der Waals surface area contributed by atoms with Gasteiger partial charge in [-0.2, -0.15) is 0 Å². The van der Waals surface area contributed by atoms with Crippen LogP contribution in [-0.2, 0) is 0 Å². The van der Waals surface area contributed by atoms with Crippen LogP contribution in [0.15, 0.2) is 0 Å². The van der Waals surface area contributed by atoms with Gasteiger partial charge in [-0.15, -0.1) is 11.3 Å². The van der Waals surface area contributed by atoms with Crippen LogP contribution in [0.25, 0.3) is 0 Å². The maximum absolute atomic E-state index is 10.3. The van der Waals surface area contributed by atoms with Crippen LogP contribution in [0.4, 0.5) is 0 Å². The van der Waals surface area contributed by atoms with E-state index in [-0.39, 0.29) is 4.88 Å². The van der Waals surface area contributed by atoms with E-state index in [1.165, 1.54) is 0 Å². The molecule has 5 heteroatoms. The summed E-state index contributed by atoms with van der Waals surface area (Å²) in [5.41, 5.74) is 0.481. The second-order valence-electron chi connectivity index (χ2n) is 1.77. The predicted molar refractivity (Wildman–Crippen MR) is 39.2 cm³/mol. The lowest BCUT2D eigenvalue weighted by molar-refractivity contribution is 0.0701. The number of hydrogen-bond donors (Lipinski definition) is 1. The topological polar surface area (TPSA) is 50.2 Å². The van der Waals surface area contributed by atoms with Crippen molar-refractivity contribution in [3.8, 4) is 0 Å². The Labute approximate surface area is 63.1 Å². The van der Waals surface area contributed by atoms with Crippen molar-refractivity contribution in [2.75, 3.05) is 0 Å². The largest absolute Gasteiger partial charge is 0.477 e. The van der Waals surface area contributed by atoms with Crippen LogP contribution >= 0.6 is 11.3 Å². The van der Waals surface area contributed by atoms with Crippen molar-refractivity contribution in [1.29, 1.82) is 0 Å². The van der Waals surface area contributed by atoms with Gasteiger partial charge in [-0.05, 0) is 6.92 Å². The molecule has 0 aliphatic rings. The van der Waals surface area contributed by atoms with Gasteiger partial charge in [-0.25, -0.2) is 4.79 Å². The summed E-state index contributed by atoms with van der Waals surface area (Å²) in [6.45, 7) is 1.62. The third kappa shape index (κ3) is 1.18. The molecule has 0 spiro atoms. The van der Waals surface area contributed by atoms with E-state index in [4.69, 9.17) is 13.0 Å². The molecule has 2 radical (unpaired) electrons. The van der Waals surface area contributed by atoms with Crippen molar-refractivity contribution in [2.45, 2.75) is 6.92 Å². The molecule has 1 aromatic rings. The molecular formula is C5H4BNO2S. The summed E-state index contributed by atoms with van der Waals surface area (Å²) in [5.74, 6) is -0.966. The fourth-order valence-corrected chi connectivity index (χ4v) is 1.29. The van der Waals surface area contributed by atoms with E-state index in [1.807, 2.05) is 0 Å². The highest BCUT2D eigenvalue weighted by Gasteiger charge is 2.10. The normalized spacial score (nSPS) is 9.70. The number of hydrogen-bond acceptors (Lipinski definition) is 3. The Bertz CT molecular complexity index is 271. The average molecular weight is 153 g/mol. The highest BCUT2D eigenvalue weighted by Crippen LogP contribution is 2.08. The number of aromatic carboxylic acids is 1. The Kier molecular flexibility index (Phi) is 1.76. The fraction of sp³-hybridized carbons (Fsp3) is 0.200. The zero-order valence-electron chi connectivity index (χ0n) is 5.29. The van der Waals surface area contributed by atoms with Crippen LogP contribution in [0, 0.1) is 6.92 Å². The number of thiazole rings is 1. The van der Waals surface area contributed by atoms with Crippen molar-refractivity contribution >= 4 is 30.1 Å². The minimum Gasteiger partial charge on any atom is -0.477 e. The molecule has 1 heterocycles. The molecule has 1 N–H and O–H groups in total. The van der Waals surface area contributed by atoms with Crippen molar-refractivity contribution < 1.29 is 9.90 Å². The van der Waals surface area contributed by atoms with Crippen LogP contribution in [-0.4, -0.2) is 23.9 Å². The Balaban J connectivity index is 3.15. The van der Waals surface area contributed by atoms with Gasteiger partial charge < -0.3 is 5.11 Å². The quantitative estimate of drug-likeness (QED) is 0.575. The summed E-state index contributed by atoms with van der Waals surface area (Å²) in [5, 5.41) is 8.49. The number of aromatic nitrogens is 1. The van der Waals surface area contributed by atoms with Gasteiger partial charge in [0.1, 0.15) is 4.88 Å². The summed E-state index contributed by atoms with van der Waals surface area (Å²) in [6.07, 6.45) is 0. The lowest BCUT2D eigenvalue weighted by atomic mass is 10.2. The van der Waals surface area contributed by atoms with Crippen LogP contribution in [0.1, 0.15) is 15.4 Å². The lowest BCUT2D eigenvalue weighted by Crippen LogP contribution is -1.97. The molecule has 1 aromatic heterocycles. The third-order valence-corrected chi connectivity index (χ3v) is 1.98. The highest BCUT2D eigenvalue weighted by atomic mass is 32.1. The van der Waals surface area contributed by atoms with Crippen LogP contribution < -0.4 is 4.91 Å². The first-order valence-corrected chi connectivity index (χ1v) is 3.39. The molecule has 0 fully saturated rings. The number of rotatable bonds is 1. The van der Waals surface area contributed by atoms with E-state index in [0.29, 0.717) is 10.6 Å². The molecule has 0 unspecified atom stereocenters. The summed E-state index contributed by atoms with van der Waals surface area (Å²) < 4.78 is 0. The maximum Gasteiger partial charge on any atom is 0.347 e. The van der Waals surface area contributed by atoms with Crippen LogP contribution in [0.3, 0.4) is 0 Å². The van der Waals surface area contributed by atoms with E-state index >= 15 is 0 Å². The SMILES string of the molecule is [B]c1nc(C)c(C(=O)O)s1. The first-order valence-electron chi connectivity index (χ1n) is 2.57. The summed E-state index contributed by atoms with van der Waals surface area (Å²) in [7, 11) is 5.26. The zero-order chi connectivity index (χ0) is 7.72. The number of nitrogens with zero attached hydrogens (tertiary/aromatic N) is 1. The van der Waals surface area contributed by atoms with Gasteiger partial charge in [0.25, 0.3) is 0 Å². The van der Waals surface area contributed by atoms with Crippen molar-refractivity contribution in [1.82, 2.24) is 4.98 Å². The smallest absolute Gasteiger partial charge is 0.347 e. The number of carboxylic acids is 1. The molecule has 10 heavy (non-hydrogen) atoms. The predicted octanol–water partition coefficient (Wildman–Crippen LogP) is -0.0565. The number of carbonyl (C=O) groups is 1. The first kappa shape index (κ1) is 7.27. The van der Waals surface area contributed by atoms with Crippen molar-refractivity contribution in [2.24, 2.45) is 0 Å². The van der Waals surface area contributed by atoms with Gasteiger partial charge in [0.05, 0.1) is 5.69 Å². The molecule has 0 aliphatic heterocycles. The van der Waals surface area contributed by atoms with E-state index in [1.54, 1.807) is 6.92 Å². The van der Waals surface area contributed by atoms with Gasteiger partial charge in [0.2, 0.25) is 0 Å². The molecule has 0 aromatic carbocycles. The molecule has 0 atom stereocenters. The molecule has 0 saturated carbocycles. The average Bonchev–Trinajstić information content (AvgIpc) is 2.10. The monoisotopic (exact) mass is 153 g/mol. The first-order chi connectivity index (χ1) is 4.61. The minimum absolute atomic E-state index is 0.220. The lowest BCUT2D eigenvalue weighted by Gasteiger charge is -1.84. The Hall–Kier alpha value is -0.835. The van der Waals surface area contributed by atoms with E-state index in [2.05, 4.69) is 4.98 Å². The Morgan fingerprint density at radius 1 is 1.80 bits per heavy atom. The van der Waals surface area contributed by atoms with Crippen molar-refractivity contribution in [3.63, 3.8) is 0 Å². The highest BCUT2D eigenvalue weighted by molar-refractivity contribution is 7.21. The standard InChI is InChI=1S/C5H4BNO2S/c1-2-3(4(8)9)10-5(6)7-2/h1H3,(H,8,9). The molecular weight excluding hydrogens is 149 g/mol. The van der Waals surface area contributed by atoms with E-state index in [9.17, 15) is 4.79 Å². The second kappa shape index (κ2) is 2.42. The number of carboxylic acid groups (broad SMARTS) is 1. The van der Waals surface area contributed by atoms with Gasteiger partial charge in [0, 0.05) is 4.91 Å². The third-order valence-electron chi connectivity index (χ3n) is 1.01. The van der Waals surface area contributed by atoms with Crippen LogP contribution in [0.2, 0.25) is 0 Å². The van der Waals surface area contributed by atoms with E-state index < -0.39 is 5.97 Å². The maximum atomic E-state index is 10.3. The van der Waals surface area contributed by atoms with Crippen LogP contribution in [0.5, 0.6) is 0 Å². The number of aryl methyl sites for hydroxylation is 1. The Morgan fingerprint density at radius 2 is 2.40 bits per heavy atom. The van der Waals surface area contributed by atoms with E-state index in [0.717, 1.165) is 11.3 Å². The zero-order valence-corrected chi connectivity index (χ0v) is 6.10. The van der Waals surface area contributed by atoms with Gasteiger partial charge in [-0.3, -0.25) is 4.98 Å². The minimum atomic E-state index is -0.966. The molecule has 0 bridgehead atoms. The Morgan fingerprint density at radius 3 is 2.60 bits per heavy atom. The summed E-state index contributed by atoms with van der Waals surface area (Å²) in [4.78, 5) is 14.6. The molecule has 1 rings (SSSR count). The second-order valence-corrected chi connectivity index (χ2v) is 2.80. The molecule has 0 amide bonds. The molecule has 0 aliphatic carbocycles. The molecule has 0 saturated heterocycles. The van der Waals surface area contributed by atoms with Gasteiger partial charge >= 0.3 is 5.97 Å². The molecule has 50 valence electrons.